The van der Waals surface area contributed by atoms with Crippen LogP contribution in [0.2, 0.25) is 0 Å². The molecule has 0 spiro atoms. The molecule has 114 valence electrons. The summed E-state index contributed by atoms with van der Waals surface area (Å²) in [6.45, 7) is 5.20. The van der Waals surface area contributed by atoms with Crippen LogP contribution in [-0.2, 0) is 6.42 Å². The van der Waals surface area contributed by atoms with E-state index in [4.69, 9.17) is 0 Å². The van der Waals surface area contributed by atoms with Crippen molar-refractivity contribution in [3.8, 4) is 5.75 Å². The maximum Gasteiger partial charge on any atom is 0.573 e. The number of nitrogens with one attached hydrogen (secondary N) is 1. The first-order valence-corrected chi connectivity index (χ1v) is 7.02. The molecular formula is C15H22F3NO. The summed E-state index contributed by atoms with van der Waals surface area (Å²) in [7, 11) is 0. The molecule has 0 saturated heterocycles. The van der Waals surface area contributed by atoms with Crippen molar-refractivity contribution in [1.82, 2.24) is 5.32 Å². The van der Waals surface area contributed by atoms with Gasteiger partial charge in [-0.3, -0.25) is 0 Å². The molecule has 0 aliphatic rings. The van der Waals surface area contributed by atoms with Crippen molar-refractivity contribution in [3.63, 3.8) is 0 Å². The van der Waals surface area contributed by atoms with E-state index in [1.54, 1.807) is 12.1 Å². The summed E-state index contributed by atoms with van der Waals surface area (Å²) < 4.78 is 39.9. The standard InChI is InChI=1S/C15H22F3NO/c1-3-13(19-4-2)7-5-6-12-8-10-14(11-9-12)20-15(16,17)18/h8-11,13,19H,3-7H2,1-2H3. The van der Waals surface area contributed by atoms with Crippen molar-refractivity contribution in [1.29, 1.82) is 0 Å². The van der Waals surface area contributed by atoms with Crippen molar-refractivity contribution in [2.75, 3.05) is 6.54 Å². The summed E-state index contributed by atoms with van der Waals surface area (Å²) in [6.07, 6.45) is -0.571. The number of benzene rings is 1. The average Bonchev–Trinajstić information content (AvgIpc) is 2.38. The molecule has 0 heterocycles. The first-order chi connectivity index (χ1) is 9.44. The minimum Gasteiger partial charge on any atom is -0.406 e. The van der Waals surface area contributed by atoms with Gasteiger partial charge in [0.2, 0.25) is 0 Å². The zero-order valence-electron chi connectivity index (χ0n) is 12.0. The van der Waals surface area contributed by atoms with E-state index in [2.05, 4.69) is 23.9 Å². The van der Waals surface area contributed by atoms with Gasteiger partial charge in [0.1, 0.15) is 5.75 Å². The summed E-state index contributed by atoms with van der Waals surface area (Å²) in [5.74, 6) is -0.166. The van der Waals surface area contributed by atoms with E-state index in [0.29, 0.717) is 6.04 Å². The van der Waals surface area contributed by atoms with Crippen LogP contribution in [0.15, 0.2) is 24.3 Å². The maximum atomic E-state index is 12.0. The van der Waals surface area contributed by atoms with Gasteiger partial charge in [-0.25, -0.2) is 0 Å². The molecule has 0 bridgehead atoms. The Labute approximate surface area is 118 Å². The molecule has 20 heavy (non-hydrogen) atoms. The Morgan fingerprint density at radius 2 is 1.80 bits per heavy atom. The van der Waals surface area contributed by atoms with Gasteiger partial charge in [0.05, 0.1) is 0 Å². The van der Waals surface area contributed by atoms with E-state index in [1.165, 1.54) is 12.1 Å². The van der Waals surface area contributed by atoms with E-state index in [-0.39, 0.29) is 5.75 Å². The molecule has 0 aliphatic carbocycles. The Morgan fingerprint density at radius 3 is 2.30 bits per heavy atom. The summed E-state index contributed by atoms with van der Waals surface area (Å²) >= 11 is 0. The molecule has 0 amide bonds. The minimum atomic E-state index is -4.62. The number of ether oxygens (including phenoxy) is 1. The SMILES string of the molecule is CCNC(CC)CCCc1ccc(OC(F)(F)F)cc1. The van der Waals surface area contributed by atoms with Gasteiger partial charge >= 0.3 is 6.36 Å². The molecule has 0 fully saturated rings. The Kier molecular flexibility index (Phi) is 6.85. The fraction of sp³-hybridized carbons (Fsp3) is 0.600. The van der Waals surface area contributed by atoms with Crippen LogP contribution in [0, 0.1) is 0 Å². The van der Waals surface area contributed by atoms with Crippen LogP contribution in [0.1, 0.15) is 38.7 Å². The van der Waals surface area contributed by atoms with E-state index in [0.717, 1.165) is 37.8 Å². The fourth-order valence-electron chi connectivity index (χ4n) is 2.15. The molecule has 2 nitrogen and oxygen atoms in total. The number of hydrogen-bond donors (Lipinski definition) is 1. The third-order valence-electron chi connectivity index (χ3n) is 3.16. The Bertz CT molecular complexity index is 376. The monoisotopic (exact) mass is 289 g/mol. The number of hydrogen-bond acceptors (Lipinski definition) is 2. The van der Waals surface area contributed by atoms with Gasteiger partial charge in [-0.15, -0.1) is 13.2 Å². The maximum absolute atomic E-state index is 12.0. The van der Waals surface area contributed by atoms with E-state index in [1.807, 2.05) is 0 Å². The number of halogens is 3. The van der Waals surface area contributed by atoms with Crippen LogP contribution in [0.3, 0.4) is 0 Å². The average molecular weight is 289 g/mol. The molecule has 1 rings (SSSR count). The summed E-state index contributed by atoms with van der Waals surface area (Å²) in [5, 5.41) is 3.41. The van der Waals surface area contributed by atoms with Crippen molar-refractivity contribution < 1.29 is 17.9 Å². The largest absolute Gasteiger partial charge is 0.573 e. The lowest BCUT2D eigenvalue weighted by molar-refractivity contribution is -0.274. The number of aryl methyl sites for hydroxylation is 1. The predicted molar refractivity (Wildman–Crippen MR) is 73.8 cm³/mol. The highest BCUT2D eigenvalue weighted by Crippen LogP contribution is 2.23. The summed E-state index contributed by atoms with van der Waals surface area (Å²) in [5.41, 5.74) is 1.03. The molecule has 1 aromatic rings. The van der Waals surface area contributed by atoms with Crippen molar-refractivity contribution in [2.24, 2.45) is 0 Å². The molecule has 0 aliphatic heterocycles. The lowest BCUT2D eigenvalue weighted by atomic mass is 10.0. The van der Waals surface area contributed by atoms with Gasteiger partial charge in [-0.05, 0) is 49.9 Å². The van der Waals surface area contributed by atoms with Crippen LogP contribution < -0.4 is 10.1 Å². The second kappa shape index (κ2) is 8.15. The van der Waals surface area contributed by atoms with Gasteiger partial charge in [0.25, 0.3) is 0 Å². The smallest absolute Gasteiger partial charge is 0.406 e. The Balaban J connectivity index is 2.38. The molecule has 0 aromatic heterocycles. The quantitative estimate of drug-likeness (QED) is 0.770. The molecule has 1 aromatic carbocycles. The Hall–Kier alpha value is -1.23. The second-order valence-electron chi connectivity index (χ2n) is 4.75. The second-order valence-corrected chi connectivity index (χ2v) is 4.75. The summed E-state index contributed by atoms with van der Waals surface area (Å²) in [6, 6.07) is 6.63. The first kappa shape index (κ1) is 16.8. The van der Waals surface area contributed by atoms with Gasteiger partial charge in [-0.2, -0.15) is 0 Å². The molecule has 0 radical (unpaired) electrons. The molecule has 1 unspecified atom stereocenters. The highest BCUT2D eigenvalue weighted by atomic mass is 19.4. The lowest BCUT2D eigenvalue weighted by Gasteiger charge is -2.15. The third-order valence-corrected chi connectivity index (χ3v) is 3.16. The van der Waals surface area contributed by atoms with Gasteiger partial charge < -0.3 is 10.1 Å². The minimum absolute atomic E-state index is 0.166. The third kappa shape index (κ3) is 6.80. The highest BCUT2D eigenvalue weighted by Gasteiger charge is 2.30. The van der Waals surface area contributed by atoms with Crippen LogP contribution in [0.5, 0.6) is 5.75 Å². The molecule has 0 saturated carbocycles. The molecule has 5 heteroatoms. The van der Waals surface area contributed by atoms with Crippen LogP contribution >= 0.6 is 0 Å². The molecular weight excluding hydrogens is 267 g/mol. The van der Waals surface area contributed by atoms with Crippen molar-refractivity contribution >= 4 is 0 Å². The van der Waals surface area contributed by atoms with Gasteiger partial charge in [0.15, 0.2) is 0 Å². The number of rotatable bonds is 8. The number of alkyl halides is 3. The van der Waals surface area contributed by atoms with Crippen LogP contribution in [0.4, 0.5) is 13.2 Å². The predicted octanol–water partition coefficient (Wildman–Crippen LogP) is 4.30. The van der Waals surface area contributed by atoms with E-state index >= 15 is 0 Å². The topological polar surface area (TPSA) is 21.3 Å². The van der Waals surface area contributed by atoms with E-state index < -0.39 is 6.36 Å². The van der Waals surface area contributed by atoms with Gasteiger partial charge in [0, 0.05) is 6.04 Å². The van der Waals surface area contributed by atoms with Crippen LogP contribution in [0.25, 0.3) is 0 Å². The lowest BCUT2D eigenvalue weighted by Crippen LogP contribution is -2.27. The highest BCUT2D eigenvalue weighted by molar-refractivity contribution is 5.27. The molecule has 1 atom stereocenters. The van der Waals surface area contributed by atoms with Crippen molar-refractivity contribution in [2.45, 2.75) is 51.9 Å². The van der Waals surface area contributed by atoms with Gasteiger partial charge in [-0.1, -0.05) is 26.0 Å². The first-order valence-electron chi connectivity index (χ1n) is 7.02. The zero-order valence-corrected chi connectivity index (χ0v) is 12.0. The zero-order chi connectivity index (χ0) is 15.0. The Morgan fingerprint density at radius 1 is 1.15 bits per heavy atom. The van der Waals surface area contributed by atoms with E-state index in [9.17, 15) is 13.2 Å². The normalized spacial score (nSPS) is 13.2. The summed E-state index contributed by atoms with van der Waals surface area (Å²) in [4.78, 5) is 0. The fourth-order valence-corrected chi connectivity index (χ4v) is 2.15. The van der Waals surface area contributed by atoms with Crippen molar-refractivity contribution in [3.05, 3.63) is 29.8 Å². The molecule has 1 N–H and O–H groups in total. The van der Waals surface area contributed by atoms with Crippen LogP contribution in [-0.4, -0.2) is 18.9 Å².